The molecule has 2 aromatic rings. The maximum atomic E-state index is 10.9. The van der Waals surface area contributed by atoms with Gasteiger partial charge in [-0.3, -0.25) is 0 Å². The molecule has 1 heterocycles. The van der Waals surface area contributed by atoms with Gasteiger partial charge in [-0.15, -0.1) is 0 Å². The first kappa shape index (κ1) is 16.2. The van der Waals surface area contributed by atoms with Gasteiger partial charge < -0.3 is 10.4 Å². The number of aromatic nitrogens is 2. The molecule has 1 aromatic carbocycles. The SMILES string of the molecule is CC(C)(C)CNc1nc(Cl)ncc1-c1ccc(C(=O)O)cc1. The zero-order valence-electron chi connectivity index (χ0n) is 12.7. The number of carboxylic acids is 1. The molecule has 2 N–H and O–H groups in total. The van der Waals surface area contributed by atoms with Crippen molar-refractivity contribution in [2.24, 2.45) is 5.41 Å². The molecule has 0 spiro atoms. The molecule has 0 aliphatic carbocycles. The van der Waals surface area contributed by atoms with Crippen LogP contribution in [-0.2, 0) is 0 Å². The maximum absolute atomic E-state index is 10.9. The van der Waals surface area contributed by atoms with Crippen molar-refractivity contribution in [2.45, 2.75) is 20.8 Å². The van der Waals surface area contributed by atoms with Gasteiger partial charge in [0.05, 0.1) is 5.56 Å². The number of anilines is 1. The number of hydrogen-bond donors (Lipinski definition) is 2. The fraction of sp³-hybridized carbons (Fsp3) is 0.312. The molecule has 0 bridgehead atoms. The summed E-state index contributed by atoms with van der Waals surface area (Å²) in [7, 11) is 0. The lowest BCUT2D eigenvalue weighted by Gasteiger charge is -2.20. The number of nitrogens with zero attached hydrogens (tertiary/aromatic N) is 2. The van der Waals surface area contributed by atoms with E-state index in [1.54, 1.807) is 30.5 Å². The number of nitrogens with one attached hydrogen (secondary N) is 1. The summed E-state index contributed by atoms with van der Waals surface area (Å²) < 4.78 is 0. The largest absolute Gasteiger partial charge is 0.478 e. The second kappa shape index (κ2) is 6.32. The molecule has 0 saturated heterocycles. The highest BCUT2D eigenvalue weighted by atomic mass is 35.5. The van der Waals surface area contributed by atoms with Gasteiger partial charge in [0.1, 0.15) is 5.82 Å². The van der Waals surface area contributed by atoms with Crippen LogP contribution in [0.15, 0.2) is 30.5 Å². The molecule has 6 heteroatoms. The van der Waals surface area contributed by atoms with Crippen LogP contribution < -0.4 is 5.32 Å². The normalized spacial score (nSPS) is 11.3. The molecule has 0 atom stereocenters. The zero-order chi connectivity index (χ0) is 16.3. The summed E-state index contributed by atoms with van der Waals surface area (Å²) in [5, 5.41) is 12.4. The van der Waals surface area contributed by atoms with E-state index in [0.29, 0.717) is 5.82 Å². The van der Waals surface area contributed by atoms with Crippen LogP contribution in [0.25, 0.3) is 11.1 Å². The van der Waals surface area contributed by atoms with Crippen LogP contribution in [0.1, 0.15) is 31.1 Å². The Morgan fingerprint density at radius 1 is 1.27 bits per heavy atom. The Morgan fingerprint density at radius 3 is 2.45 bits per heavy atom. The molecule has 5 nitrogen and oxygen atoms in total. The van der Waals surface area contributed by atoms with Gasteiger partial charge in [-0.1, -0.05) is 32.9 Å². The quantitative estimate of drug-likeness (QED) is 0.834. The second-order valence-electron chi connectivity index (χ2n) is 6.20. The second-order valence-corrected chi connectivity index (χ2v) is 6.54. The highest BCUT2D eigenvalue weighted by molar-refractivity contribution is 6.28. The minimum absolute atomic E-state index is 0.0852. The van der Waals surface area contributed by atoms with Crippen molar-refractivity contribution in [1.82, 2.24) is 9.97 Å². The summed E-state index contributed by atoms with van der Waals surface area (Å²) in [5.74, 6) is -0.317. The first-order valence-corrected chi connectivity index (χ1v) is 7.24. The van der Waals surface area contributed by atoms with Crippen LogP contribution >= 0.6 is 11.6 Å². The summed E-state index contributed by atoms with van der Waals surface area (Å²) in [6.45, 7) is 7.07. The number of aromatic carboxylic acids is 1. The zero-order valence-corrected chi connectivity index (χ0v) is 13.5. The van der Waals surface area contributed by atoms with E-state index in [9.17, 15) is 4.79 Å². The molecule has 0 aliphatic rings. The predicted octanol–water partition coefficient (Wildman–Crippen LogP) is 3.95. The van der Waals surface area contributed by atoms with Gasteiger partial charge >= 0.3 is 5.97 Å². The van der Waals surface area contributed by atoms with Crippen molar-refractivity contribution >= 4 is 23.4 Å². The molecular weight excluding hydrogens is 302 g/mol. The maximum Gasteiger partial charge on any atom is 0.335 e. The summed E-state index contributed by atoms with van der Waals surface area (Å²) in [5.41, 5.74) is 1.94. The summed E-state index contributed by atoms with van der Waals surface area (Å²) in [6.07, 6.45) is 1.64. The number of rotatable bonds is 4. The van der Waals surface area contributed by atoms with E-state index in [1.807, 2.05) is 0 Å². The van der Waals surface area contributed by atoms with Gasteiger partial charge in [0.2, 0.25) is 5.28 Å². The van der Waals surface area contributed by atoms with Crippen LogP contribution in [0.3, 0.4) is 0 Å². The lowest BCUT2D eigenvalue weighted by molar-refractivity contribution is 0.0697. The Labute approximate surface area is 134 Å². The van der Waals surface area contributed by atoms with E-state index in [1.165, 1.54) is 0 Å². The van der Waals surface area contributed by atoms with Crippen molar-refractivity contribution in [3.8, 4) is 11.1 Å². The average Bonchev–Trinajstić information content (AvgIpc) is 2.44. The van der Waals surface area contributed by atoms with Crippen LogP contribution in [0.5, 0.6) is 0 Å². The van der Waals surface area contributed by atoms with E-state index in [0.717, 1.165) is 17.7 Å². The van der Waals surface area contributed by atoms with E-state index in [4.69, 9.17) is 16.7 Å². The standard InChI is InChI=1S/C16H18ClN3O2/c1-16(2,3)9-19-13-12(8-18-15(17)20-13)10-4-6-11(7-5-10)14(21)22/h4-8H,9H2,1-3H3,(H,21,22)(H,18,19,20). The van der Waals surface area contributed by atoms with Crippen molar-refractivity contribution in [3.63, 3.8) is 0 Å². The monoisotopic (exact) mass is 319 g/mol. The van der Waals surface area contributed by atoms with Crippen molar-refractivity contribution in [2.75, 3.05) is 11.9 Å². The smallest absolute Gasteiger partial charge is 0.335 e. The van der Waals surface area contributed by atoms with Gasteiger partial charge in [-0.05, 0) is 34.7 Å². The first-order chi connectivity index (χ1) is 10.3. The van der Waals surface area contributed by atoms with Crippen molar-refractivity contribution in [1.29, 1.82) is 0 Å². The third kappa shape index (κ3) is 4.18. The molecule has 0 unspecified atom stereocenters. The van der Waals surface area contributed by atoms with Crippen LogP contribution in [0.4, 0.5) is 5.82 Å². The predicted molar refractivity (Wildman–Crippen MR) is 87.4 cm³/mol. The minimum atomic E-state index is -0.954. The van der Waals surface area contributed by atoms with E-state index >= 15 is 0 Å². The summed E-state index contributed by atoms with van der Waals surface area (Å²) in [4.78, 5) is 19.2. The Balaban J connectivity index is 2.35. The van der Waals surface area contributed by atoms with Gasteiger partial charge in [0.25, 0.3) is 0 Å². The molecule has 2 rings (SSSR count). The van der Waals surface area contributed by atoms with Gasteiger partial charge in [-0.25, -0.2) is 14.8 Å². The number of hydrogen-bond acceptors (Lipinski definition) is 4. The molecule has 1 aromatic heterocycles. The third-order valence-corrected chi connectivity index (χ3v) is 3.17. The highest BCUT2D eigenvalue weighted by Gasteiger charge is 2.14. The Bertz CT molecular complexity index is 679. The fourth-order valence-corrected chi connectivity index (χ4v) is 1.98. The van der Waals surface area contributed by atoms with Gasteiger partial charge in [0, 0.05) is 18.3 Å². The van der Waals surface area contributed by atoms with E-state index in [-0.39, 0.29) is 16.3 Å². The van der Waals surface area contributed by atoms with Gasteiger partial charge in [-0.2, -0.15) is 0 Å². The van der Waals surface area contributed by atoms with Crippen molar-refractivity contribution in [3.05, 3.63) is 41.3 Å². The lowest BCUT2D eigenvalue weighted by Crippen LogP contribution is -2.20. The summed E-state index contributed by atoms with van der Waals surface area (Å²) in [6, 6.07) is 6.58. The molecule has 116 valence electrons. The lowest BCUT2D eigenvalue weighted by atomic mass is 9.97. The highest BCUT2D eigenvalue weighted by Crippen LogP contribution is 2.28. The average molecular weight is 320 g/mol. The molecule has 0 radical (unpaired) electrons. The van der Waals surface area contributed by atoms with Crippen LogP contribution in [-0.4, -0.2) is 27.6 Å². The Kier molecular flexibility index (Phi) is 4.66. The molecule has 0 saturated carbocycles. The number of halogens is 1. The number of carboxylic acid groups (broad SMARTS) is 1. The third-order valence-electron chi connectivity index (χ3n) is 2.99. The molecule has 0 amide bonds. The molecule has 0 fully saturated rings. The molecule has 0 aliphatic heterocycles. The number of carbonyl (C=O) groups is 1. The van der Waals surface area contributed by atoms with Crippen LogP contribution in [0.2, 0.25) is 5.28 Å². The topological polar surface area (TPSA) is 75.1 Å². The van der Waals surface area contributed by atoms with E-state index in [2.05, 4.69) is 36.1 Å². The first-order valence-electron chi connectivity index (χ1n) is 6.86. The molecule has 22 heavy (non-hydrogen) atoms. The number of benzene rings is 1. The fourth-order valence-electron chi connectivity index (χ4n) is 1.85. The Morgan fingerprint density at radius 2 is 1.91 bits per heavy atom. The van der Waals surface area contributed by atoms with Gasteiger partial charge in [0.15, 0.2) is 0 Å². The Hall–Kier alpha value is -2.14. The minimum Gasteiger partial charge on any atom is -0.478 e. The van der Waals surface area contributed by atoms with Crippen LogP contribution in [0, 0.1) is 5.41 Å². The summed E-state index contributed by atoms with van der Waals surface area (Å²) >= 11 is 5.88. The van der Waals surface area contributed by atoms with E-state index < -0.39 is 5.97 Å². The van der Waals surface area contributed by atoms with Crippen molar-refractivity contribution < 1.29 is 9.90 Å². The molecular formula is C16H18ClN3O2.